The van der Waals surface area contributed by atoms with E-state index in [-0.39, 0.29) is 12.0 Å². The minimum absolute atomic E-state index is 0.0635. The first-order chi connectivity index (χ1) is 14.5. The number of likely N-dealkylation sites (N-methyl/N-ethyl adjacent to an activating group) is 1. The molecule has 164 valence electrons. The van der Waals surface area contributed by atoms with Crippen LogP contribution >= 0.6 is 0 Å². The second-order valence-electron chi connectivity index (χ2n) is 6.71. The minimum atomic E-state index is -0.441. The highest BCUT2D eigenvalue weighted by Crippen LogP contribution is 2.36. The summed E-state index contributed by atoms with van der Waals surface area (Å²) in [4.78, 5) is 6.08. The van der Waals surface area contributed by atoms with Crippen molar-refractivity contribution < 1.29 is 9.13 Å². The van der Waals surface area contributed by atoms with Crippen molar-refractivity contribution in [3.63, 3.8) is 0 Å². The summed E-state index contributed by atoms with van der Waals surface area (Å²) in [6.07, 6.45) is 14.9. The lowest BCUT2D eigenvalue weighted by molar-refractivity contribution is 0.275. The molecule has 0 radical (unpaired) electrons. The number of nitrogens with one attached hydrogen (secondary N) is 1. The predicted octanol–water partition coefficient (Wildman–Crippen LogP) is 6.46. The van der Waals surface area contributed by atoms with E-state index < -0.39 is 5.82 Å². The van der Waals surface area contributed by atoms with Gasteiger partial charge in [0.05, 0.1) is 11.9 Å². The number of hydrogen-bond acceptors (Lipinski definition) is 4. The maximum absolute atomic E-state index is 15.3. The monoisotopic (exact) mass is 413 g/mol. The Hall–Kier alpha value is -2.82. The second-order valence-corrected chi connectivity index (χ2v) is 6.71. The number of anilines is 2. The zero-order valence-corrected chi connectivity index (χ0v) is 19.0. The molecular weight excluding hydrogens is 377 g/mol. The Morgan fingerprint density at radius 3 is 2.53 bits per heavy atom. The van der Waals surface area contributed by atoms with Crippen LogP contribution in [0.15, 0.2) is 67.0 Å². The highest BCUT2D eigenvalue weighted by atomic mass is 19.1. The summed E-state index contributed by atoms with van der Waals surface area (Å²) in [6.45, 7) is 16.5. The molecule has 0 amide bonds. The Morgan fingerprint density at radius 2 is 2.00 bits per heavy atom. The number of ether oxygens (including phenoxy) is 1. The van der Waals surface area contributed by atoms with Crippen molar-refractivity contribution in [3.8, 4) is 5.88 Å². The third kappa shape index (κ3) is 7.54. The van der Waals surface area contributed by atoms with Gasteiger partial charge in [-0.3, -0.25) is 0 Å². The first-order valence-corrected chi connectivity index (χ1v) is 10.6. The van der Waals surface area contributed by atoms with E-state index in [1.54, 1.807) is 18.3 Å². The maximum Gasteiger partial charge on any atom is 0.253 e. The van der Waals surface area contributed by atoms with Gasteiger partial charge in [-0.1, -0.05) is 63.5 Å². The van der Waals surface area contributed by atoms with Crippen LogP contribution in [-0.2, 0) is 0 Å². The number of aromatic nitrogens is 1. The van der Waals surface area contributed by atoms with Crippen molar-refractivity contribution in [2.24, 2.45) is 0 Å². The molecule has 0 bridgehead atoms. The molecule has 1 fully saturated rings. The van der Waals surface area contributed by atoms with E-state index in [1.807, 2.05) is 63.9 Å². The standard InChI is InChI=1S/C23H30FN3O.C2H6/c1-6-10-17(8-3)14-25-20-15-26-23(28-19-12-13-19)21(24)22(20)27(5)16-18(9-4)11-7-2;1-2/h6-11,15,19,25H,1,3,12-14,16H2,2,4-5H3;1-2H3/b11-7-,17-10+,18-9+;. The van der Waals surface area contributed by atoms with Crippen LogP contribution in [0.3, 0.4) is 0 Å². The quantitative estimate of drug-likeness (QED) is 0.423. The first kappa shape index (κ1) is 25.2. The van der Waals surface area contributed by atoms with Crippen molar-refractivity contribution in [2.75, 3.05) is 30.4 Å². The summed E-state index contributed by atoms with van der Waals surface area (Å²) < 4.78 is 21.0. The summed E-state index contributed by atoms with van der Waals surface area (Å²) in [5.41, 5.74) is 3.09. The molecule has 30 heavy (non-hydrogen) atoms. The molecule has 1 saturated carbocycles. The average molecular weight is 414 g/mol. The van der Waals surface area contributed by atoms with Crippen molar-refractivity contribution in [1.82, 2.24) is 4.98 Å². The SMILES string of the molecule is C=C/C=C(\C=C)CNc1cnc(OC2CC2)c(F)c1N(C)CC(/C=C\C)=C/C.CC. The molecule has 2 rings (SSSR count). The minimum Gasteiger partial charge on any atom is -0.472 e. The van der Waals surface area contributed by atoms with E-state index in [1.165, 1.54) is 0 Å². The van der Waals surface area contributed by atoms with Crippen LogP contribution in [0.4, 0.5) is 15.8 Å². The van der Waals surface area contributed by atoms with Gasteiger partial charge in [0, 0.05) is 20.1 Å². The van der Waals surface area contributed by atoms with Gasteiger partial charge in [0.1, 0.15) is 11.8 Å². The lowest BCUT2D eigenvalue weighted by Gasteiger charge is -2.25. The molecule has 0 saturated heterocycles. The van der Waals surface area contributed by atoms with E-state index in [2.05, 4.69) is 23.5 Å². The van der Waals surface area contributed by atoms with Gasteiger partial charge < -0.3 is 15.0 Å². The number of allylic oxidation sites excluding steroid dienone is 4. The van der Waals surface area contributed by atoms with E-state index in [4.69, 9.17) is 4.74 Å². The molecule has 1 aliphatic carbocycles. The fraction of sp³-hybridized carbons (Fsp3) is 0.400. The molecular formula is C25H36FN3O. The maximum atomic E-state index is 15.3. The van der Waals surface area contributed by atoms with Crippen molar-refractivity contribution >= 4 is 11.4 Å². The van der Waals surface area contributed by atoms with Gasteiger partial charge in [0.2, 0.25) is 5.82 Å². The predicted molar refractivity (Wildman–Crippen MR) is 128 cm³/mol. The van der Waals surface area contributed by atoms with Gasteiger partial charge in [-0.2, -0.15) is 4.39 Å². The molecule has 0 atom stereocenters. The molecule has 0 aliphatic heterocycles. The highest BCUT2D eigenvalue weighted by molar-refractivity contribution is 5.72. The number of hydrogen-bond donors (Lipinski definition) is 1. The average Bonchev–Trinajstić information content (AvgIpc) is 3.58. The van der Waals surface area contributed by atoms with Gasteiger partial charge in [0.25, 0.3) is 5.88 Å². The molecule has 5 heteroatoms. The van der Waals surface area contributed by atoms with Crippen LogP contribution in [0.25, 0.3) is 0 Å². The lowest BCUT2D eigenvalue weighted by atomic mass is 10.2. The van der Waals surface area contributed by atoms with Gasteiger partial charge in [-0.05, 0) is 37.8 Å². The van der Waals surface area contributed by atoms with E-state index in [0.29, 0.717) is 24.5 Å². The molecule has 1 aliphatic rings. The van der Waals surface area contributed by atoms with Crippen molar-refractivity contribution in [3.05, 3.63) is 72.8 Å². The zero-order chi connectivity index (χ0) is 22.5. The number of pyridine rings is 1. The molecule has 0 spiro atoms. The number of nitrogens with zero attached hydrogens (tertiary/aromatic N) is 2. The summed E-state index contributed by atoms with van der Waals surface area (Å²) in [5.74, 6) is -0.378. The molecule has 1 heterocycles. The Kier molecular flexibility index (Phi) is 11.3. The zero-order valence-electron chi connectivity index (χ0n) is 19.0. The summed E-state index contributed by atoms with van der Waals surface area (Å²) >= 11 is 0. The fourth-order valence-corrected chi connectivity index (χ4v) is 2.74. The van der Waals surface area contributed by atoms with Crippen LogP contribution in [0.1, 0.15) is 40.5 Å². The molecule has 4 nitrogen and oxygen atoms in total. The van der Waals surface area contributed by atoms with Crippen LogP contribution in [0.2, 0.25) is 0 Å². The van der Waals surface area contributed by atoms with E-state index in [9.17, 15) is 0 Å². The normalized spacial score (nSPS) is 14.1. The molecule has 1 aromatic rings. The van der Waals surface area contributed by atoms with Crippen LogP contribution in [-0.4, -0.2) is 31.2 Å². The Balaban J connectivity index is 0.00000218. The topological polar surface area (TPSA) is 37.4 Å². The first-order valence-electron chi connectivity index (χ1n) is 10.6. The van der Waals surface area contributed by atoms with E-state index >= 15 is 4.39 Å². The molecule has 1 aromatic heterocycles. The fourth-order valence-electron chi connectivity index (χ4n) is 2.74. The number of rotatable bonds is 11. The van der Waals surface area contributed by atoms with Crippen LogP contribution in [0.5, 0.6) is 5.88 Å². The van der Waals surface area contributed by atoms with E-state index in [0.717, 1.165) is 24.0 Å². The van der Waals surface area contributed by atoms with Gasteiger partial charge in [-0.25, -0.2) is 4.98 Å². The molecule has 0 unspecified atom stereocenters. The number of halogens is 1. The van der Waals surface area contributed by atoms with Crippen molar-refractivity contribution in [1.29, 1.82) is 0 Å². The molecule has 1 N–H and O–H groups in total. The van der Waals surface area contributed by atoms with Crippen LogP contribution < -0.4 is 15.0 Å². The molecule has 0 aromatic carbocycles. The van der Waals surface area contributed by atoms with Crippen molar-refractivity contribution in [2.45, 2.75) is 46.6 Å². The summed E-state index contributed by atoms with van der Waals surface area (Å²) in [5, 5.41) is 3.27. The third-order valence-electron chi connectivity index (χ3n) is 4.39. The Bertz CT molecular complexity index is 792. The summed E-state index contributed by atoms with van der Waals surface area (Å²) in [7, 11) is 1.87. The van der Waals surface area contributed by atoms with Gasteiger partial charge in [0.15, 0.2) is 0 Å². The third-order valence-corrected chi connectivity index (χ3v) is 4.39. The van der Waals surface area contributed by atoms with Gasteiger partial charge >= 0.3 is 0 Å². The Morgan fingerprint density at radius 1 is 1.30 bits per heavy atom. The largest absolute Gasteiger partial charge is 0.472 e. The Labute approximate surface area is 181 Å². The highest BCUT2D eigenvalue weighted by Gasteiger charge is 2.28. The summed E-state index contributed by atoms with van der Waals surface area (Å²) in [6, 6.07) is 0. The van der Waals surface area contributed by atoms with Crippen LogP contribution in [0, 0.1) is 5.82 Å². The lowest BCUT2D eigenvalue weighted by Crippen LogP contribution is -2.23. The smallest absolute Gasteiger partial charge is 0.253 e. The second kappa shape index (κ2) is 13.4. The van der Waals surface area contributed by atoms with Gasteiger partial charge in [-0.15, -0.1) is 0 Å².